The van der Waals surface area contributed by atoms with Gasteiger partial charge in [-0.2, -0.15) is 0 Å². The first-order valence-corrected chi connectivity index (χ1v) is 6.19. The number of nitrogens with zero attached hydrogens (tertiary/aromatic N) is 1. The summed E-state index contributed by atoms with van der Waals surface area (Å²) in [6, 6.07) is 7.35. The van der Waals surface area contributed by atoms with Gasteiger partial charge in [0.2, 0.25) is 0 Å². The number of fused-ring (bicyclic) bond motifs is 1. The van der Waals surface area contributed by atoms with E-state index in [1.807, 2.05) is 25.3 Å². The van der Waals surface area contributed by atoms with Gasteiger partial charge < -0.3 is 15.5 Å². The SMILES string of the molecule is Cc1ccc(CNc2cc3[nH]c(=O)oc3cc2N)cn1. The van der Waals surface area contributed by atoms with E-state index in [1.165, 1.54) is 0 Å². The van der Waals surface area contributed by atoms with Crippen molar-refractivity contribution in [3.63, 3.8) is 0 Å². The van der Waals surface area contributed by atoms with Crippen LogP contribution in [0.5, 0.6) is 0 Å². The van der Waals surface area contributed by atoms with Gasteiger partial charge in [0.15, 0.2) is 5.58 Å². The third-order valence-electron chi connectivity index (χ3n) is 3.05. The molecule has 2 heterocycles. The predicted octanol–water partition coefficient (Wildman–Crippen LogP) is 2.02. The normalized spacial score (nSPS) is 10.8. The molecule has 0 aliphatic carbocycles. The van der Waals surface area contributed by atoms with Crippen LogP contribution in [0, 0.1) is 6.92 Å². The Morgan fingerprint density at radius 2 is 2.25 bits per heavy atom. The Morgan fingerprint density at radius 3 is 3.00 bits per heavy atom. The summed E-state index contributed by atoms with van der Waals surface area (Å²) < 4.78 is 4.95. The highest BCUT2D eigenvalue weighted by Crippen LogP contribution is 2.24. The zero-order chi connectivity index (χ0) is 14.1. The number of nitrogens with one attached hydrogen (secondary N) is 2. The van der Waals surface area contributed by atoms with E-state index in [0.717, 1.165) is 16.9 Å². The van der Waals surface area contributed by atoms with Gasteiger partial charge in [-0.05, 0) is 24.6 Å². The molecule has 4 N–H and O–H groups in total. The average molecular weight is 270 g/mol. The minimum Gasteiger partial charge on any atom is -0.408 e. The zero-order valence-electron chi connectivity index (χ0n) is 10.9. The van der Waals surface area contributed by atoms with Crippen LogP contribution >= 0.6 is 0 Å². The summed E-state index contributed by atoms with van der Waals surface area (Å²) in [6.07, 6.45) is 1.82. The van der Waals surface area contributed by atoms with Crippen LogP contribution in [-0.2, 0) is 6.54 Å². The maximum absolute atomic E-state index is 11.1. The fourth-order valence-corrected chi connectivity index (χ4v) is 1.97. The van der Waals surface area contributed by atoms with Crippen LogP contribution in [0.2, 0.25) is 0 Å². The van der Waals surface area contributed by atoms with Crippen LogP contribution in [0.25, 0.3) is 11.1 Å². The summed E-state index contributed by atoms with van der Waals surface area (Å²) in [5.41, 5.74) is 10.3. The molecular formula is C14H14N4O2. The van der Waals surface area contributed by atoms with Crippen molar-refractivity contribution in [3.8, 4) is 0 Å². The maximum Gasteiger partial charge on any atom is 0.417 e. The number of benzene rings is 1. The summed E-state index contributed by atoms with van der Waals surface area (Å²) in [5.74, 6) is -0.487. The Hall–Kier alpha value is -2.76. The molecule has 0 spiro atoms. The number of nitrogens with two attached hydrogens (primary N) is 1. The lowest BCUT2D eigenvalue weighted by molar-refractivity contribution is 0.555. The first-order chi connectivity index (χ1) is 9.61. The third kappa shape index (κ3) is 2.35. The van der Waals surface area contributed by atoms with E-state index in [2.05, 4.69) is 15.3 Å². The minimum absolute atomic E-state index is 0.454. The number of aromatic nitrogens is 2. The Balaban J connectivity index is 1.84. The van der Waals surface area contributed by atoms with E-state index in [9.17, 15) is 4.79 Å². The highest BCUT2D eigenvalue weighted by atomic mass is 16.4. The second-order valence-electron chi connectivity index (χ2n) is 4.61. The topological polar surface area (TPSA) is 96.9 Å². The monoisotopic (exact) mass is 270 g/mol. The third-order valence-corrected chi connectivity index (χ3v) is 3.05. The van der Waals surface area contributed by atoms with Gasteiger partial charge in [0.1, 0.15) is 0 Å². The second-order valence-corrected chi connectivity index (χ2v) is 4.61. The molecule has 0 unspecified atom stereocenters. The lowest BCUT2D eigenvalue weighted by Gasteiger charge is -2.09. The van der Waals surface area contributed by atoms with Gasteiger partial charge in [0.25, 0.3) is 0 Å². The summed E-state index contributed by atoms with van der Waals surface area (Å²) in [5, 5.41) is 3.22. The maximum atomic E-state index is 11.1. The first-order valence-electron chi connectivity index (χ1n) is 6.19. The molecule has 0 atom stereocenters. The molecule has 20 heavy (non-hydrogen) atoms. The Bertz CT molecular complexity index is 802. The quantitative estimate of drug-likeness (QED) is 0.633. The minimum atomic E-state index is -0.487. The molecule has 0 aliphatic heterocycles. The highest BCUT2D eigenvalue weighted by molar-refractivity contribution is 5.85. The van der Waals surface area contributed by atoms with Gasteiger partial charge in [-0.1, -0.05) is 6.07 Å². The van der Waals surface area contributed by atoms with Crippen LogP contribution in [0.3, 0.4) is 0 Å². The largest absolute Gasteiger partial charge is 0.417 e. The molecule has 6 nitrogen and oxygen atoms in total. The number of aromatic amines is 1. The number of hydrogen-bond acceptors (Lipinski definition) is 5. The van der Waals surface area contributed by atoms with E-state index in [4.69, 9.17) is 10.2 Å². The van der Waals surface area contributed by atoms with Gasteiger partial charge in [0.05, 0.1) is 16.9 Å². The van der Waals surface area contributed by atoms with Crippen molar-refractivity contribution in [2.45, 2.75) is 13.5 Å². The molecule has 3 rings (SSSR count). The number of anilines is 2. The summed E-state index contributed by atoms with van der Waals surface area (Å²) in [4.78, 5) is 18.0. The molecule has 102 valence electrons. The van der Waals surface area contributed by atoms with E-state index in [1.54, 1.807) is 12.1 Å². The van der Waals surface area contributed by atoms with Crippen molar-refractivity contribution in [2.75, 3.05) is 11.1 Å². The number of aryl methyl sites for hydroxylation is 1. The number of oxazole rings is 1. The lowest BCUT2D eigenvalue weighted by Crippen LogP contribution is -2.03. The van der Waals surface area contributed by atoms with Gasteiger partial charge in [-0.25, -0.2) is 4.79 Å². The molecule has 3 aromatic rings. The van der Waals surface area contributed by atoms with E-state index in [0.29, 0.717) is 23.3 Å². The van der Waals surface area contributed by atoms with E-state index >= 15 is 0 Å². The van der Waals surface area contributed by atoms with Crippen LogP contribution in [0.1, 0.15) is 11.3 Å². The van der Waals surface area contributed by atoms with Crippen molar-refractivity contribution in [1.29, 1.82) is 0 Å². The number of rotatable bonds is 3. The molecule has 1 aromatic carbocycles. The average Bonchev–Trinajstić information content (AvgIpc) is 2.77. The van der Waals surface area contributed by atoms with Crippen molar-refractivity contribution in [2.24, 2.45) is 0 Å². The van der Waals surface area contributed by atoms with Crippen LogP contribution in [0.15, 0.2) is 39.7 Å². The van der Waals surface area contributed by atoms with Crippen molar-refractivity contribution < 1.29 is 4.42 Å². The van der Waals surface area contributed by atoms with Gasteiger partial charge >= 0.3 is 5.76 Å². The van der Waals surface area contributed by atoms with Crippen LogP contribution < -0.4 is 16.8 Å². The zero-order valence-corrected chi connectivity index (χ0v) is 10.9. The molecule has 0 aliphatic rings. The fourth-order valence-electron chi connectivity index (χ4n) is 1.97. The Labute approximate surface area is 114 Å². The summed E-state index contributed by atoms with van der Waals surface area (Å²) in [6.45, 7) is 2.55. The van der Waals surface area contributed by atoms with Crippen LogP contribution in [-0.4, -0.2) is 9.97 Å². The first kappa shape index (κ1) is 12.3. The molecule has 6 heteroatoms. The molecular weight excluding hydrogens is 256 g/mol. The van der Waals surface area contributed by atoms with E-state index in [-0.39, 0.29) is 0 Å². The smallest absolute Gasteiger partial charge is 0.408 e. The molecule has 0 amide bonds. The predicted molar refractivity (Wildman–Crippen MR) is 77.5 cm³/mol. The molecule has 0 saturated heterocycles. The Morgan fingerprint density at radius 1 is 1.40 bits per heavy atom. The standard InChI is InChI=1S/C14H14N4O2/c1-8-2-3-9(6-16-8)7-17-11-5-12-13(4-10(11)15)20-14(19)18-12/h2-6,17H,7,15H2,1H3,(H,18,19). The highest BCUT2D eigenvalue weighted by Gasteiger charge is 2.06. The van der Waals surface area contributed by atoms with Gasteiger partial charge in [0, 0.05) is 24.5 Å². The van der Waals surface area contributed by atoms with E-state index < -0.39 is 5.76 Å². The molecule has 0 saturated carbocycles. The molecule has 0 fully saturated rings. The summed E-state index contributed by atoms with van der Waals surface area (Å²) >= 11 is 0. The number of hydrogen-bond donors (Lipinski definition) is 3. The number of H-pyrrole nitrogens is 1. The van der Waals surface area contributed by atoms with Crippen molar-refractivity contribution in [1.82, 2.24) is 9.97 Å². The number of nitrogen functional groups attached to an aromatic ring is 1. The molecule has 2 aromatic heterocycles. The van der Waals surface area contributed by atoms with Crippen LogP contribution in [0.4, 0.5) is 11.4 Å². The second kappa shape index (κ2) is 4.73. The fraction of sp³-hybridized carbons (Fsp3) is 0.143. The van der Waals surface area contributed by atoms with Gasteiger partial charge in [-0.3, -0.25) is 9.97 Å². The van der Waals surface area contributed by atoms with Gasteiger partial charge in [-0.15, -0.1) is 0 Å². The van der Waals surface area contributed by atoms with Crippen molar-refractivity contribution in [3.05, 3.63) is 52.3 Å². The molecule has 0 radical (unpaired) electrons. The summed E-state index contributed by atoms with van der Waals surface area (Å²) in [7, 11) is 0. The Kier molecular flexibility index (Phi) is 2.90. The van der Waals surface area contributed by atoms with Crippen molar-refractivity contribution >= 4 is 22.5 Å². The molecule has 0 bridgehead atoms. The lowest BCUT2D eigenvalue weighted by atomic mass is 10.2. The number of pyridine rings is 1.